The number of anilines is 2. The van der Waals surface area contributed by atoms with E-state index in [9.17, 15) is 0 Å². The van der Waals surface area contributed by atoms with Crippen molar-refractivity contribution in [2.24, 2.45) is 0 Å². The number of nitrogens with two attached hydrogens (primary N) is 1. The number of rotatable bonds is 5. The molecule has 0 spiro atoms. The Labute approximate surface area is 105 Å². The first kappa shape index (κ1) is 15.1. The molecule has 1 aromatic carbocycles. The number of hydrogen-bond acceptors (Lipinski definition) is 2. The number of aryl methyl sites for hydroxylation is 1. The SMILES string of the molecule is CCCc1cc(N(CC)CC)ccc1N.Cl. The van der Waals surface area contributed by atoms with E-state index in [1.165, 1.54) is 11.3 Å². The third-order valence-corrected chi connectivity index (χ3v) is 2.77. The lowest BCUT2D eigenvalue weighted by Crippen LogP contribution is -2.21. The molecule has 16 heavy (non-hydrogen) atoms. The van der Waals surface area contributed by atoms with Crippen molar-refractivity contribution in [2.45, 2.75) is 33.6 Å². The van der Waals surface area contributed by atoms with Crippen molar-refractivity contribution in [3.05, 3.63) is 23.8 Å². The van der Waals surface area contributed by atoms with Crippen LogP contribution in [0, 0.1) is 0 Å². The van der Waals surface area contributed by atoms with Crippen LogP contribution in [-0.4, -0.2) is 13.1 Å². The zero-order valence-electron chi connectivity index (χ0n) is 10.5. The molecule has 0 heterocycles. The molecule has 0 bridgehead atoms. The van der Waals surface area contributed by atoms with Crippen LogP contribution in [0.1, 0.15) is 32.8 Å². The topological polar surface area (TPSA) is 29.3 Å². The van der Waals surface area contributed by atoms with Crippen LogP contribution in [0.2, 0.25) is 0 Å². The molecule has 0 unspecified atom stereocenters. The highest BCUT2D eigenvalue weighted by Crippen LogP contribution is 2.22. The molecule has 0 saturated carbocycles. The minimum absolute atomic E-state index is 0. The molecule has 2 N–H and O–H groups in total. The first-order chi connectivity index (χ1) is 7.22. The standard InChI is InChI=1S/C13H22N2.ClH/c1-4-7-11-10-12(8-9-13(11)14)15(5-2)6-3;/h8-10H,4-7,14H2,1-3H3;1H. The van der Waals surface area contributed by atoms with Gasteiger partial charge in [0, 0.05) is 24.5 Å². The summed E-state index contributed by atoms with van der Waals surface area (Å²) in [5.74, 6) is 0. The van der Waals surface area contributed by atoms with Crippen molar-refractivity contribution in [1.29, 1.82) is 0 Å². The third kappa shape index (κ3) is 3.60. The largest absolute Gasteiger partial charge is 0.399 e. The summed E-state index contributed by atoms with van der Waals surface area (Å²) in [6.45, 7) is 8.64. The second kappa shape index (κ2) is 7.39. The van der Waals surface area contributed by atoms with Crippen molar-refractivity contribution < 1.29 is 0 Å². The number of nitrogen functional groups attached to an aromatic ring is 1. The zero-order chi connectivity index (χ0) is 11.3. The Kier molecular flexibility index (Phi) is 6.98. The van der Waals surface area contributed by atoms with Gasteiger partial charge in [-0.1, -0.05) is 13.3 Å². The Balaban J connectivity index is 0.00000225. The van der Waals surface area contributed by atoms with Gasteiger partial charge in [-0.2, -0.15) is 0 Å². The molecule has 92 valence electrons. The van der Waals surface area contributed by atoms with E-state index in [1.54, 1.807) is 0 Å². The van der Waals surface area contributed by atoms with E-state index < -0.39 is 0 Å². The Bertz CT molecular complexity index is 309. The maximum atomic E-state index is 5.94. The highest BCUT2D eigenvalue weighted by molar-refractivity contribution is 5.85. The van der Waals surface area contributed by atoms with Gasteiger partial charge in [0.15, 0.2) is 0 Å². The van der Waals surface area contributed by atoms with Crippen molar-refractivity contribution in [2.75, 3.05) is 23.7 Å². The Morgan fingerprint density at radius 2 is 1.75 bits per heavy atom. The van der Waals surface area contributed by atoms with Crippen LogP contribution in [0.15, 0.2) is 18.2 Å². The van der Waals surface area contributed by atoms with E-state index in [2.05, 4.69) is 37.8 Å². The van der Waals surface area contributed by atoms with Gasteiger partial charge in [0.05, 0.1) is 0 Å². The lowest BCUT2D eigenvalue weighted by molar-refractivity contribution is 0.861. The Hall–Kier alpha value is -0.890. The number of benzene rings is 1. The third-order valence-electron chi connectivity index (χ3n) is 2.77. The summed E-state index contributed by atoms with van der Waals surface area (Å²) >= 11 is 0. The molecule has 0 aliphatic carbocycles. The molecule has 1 rings (SSSR count). The average Bonchev–Trinajstić information content (AvgIpc) is 2.25. The molecule has 0 atom stereocenters. The summed E-state index contributed by atoms with van der Waals surface area (Å²) in [6.07, 6.45) is 2.22. The van der Waals surface area contributed by atoms with Crippen LogP contribution >= 0.6 is 12.4 Å². The summed E-state index contributed by atoms with van der Waals surface area (Å²) in [7, 11) is 0. The van der Waals surface area contributed by atoms with Crippen molar-refractivity contribution in [1.82, 2.24) is 0 Å². The fourth-order valence-electron chi connectivity index (χ4n) is 1.86. The number of halogens is 1. The summed E-state index contributed by atoms with van der Waals surface area (Å²) < 4.78 is 0. The van der Waals surface area contributed by atoms with Gasteiger partial charge in [0.25, 0.3) is 0 Å². The van der Waals surface area contributed by atoms with Gasteiger partial charge >= 0.3 is 0 Å². The molecule has 1 aromatic rings. The van der Waals surface area contributed by atoms with Crippen molar-refractivity contribution >= 4 is 23.8 Å². The number of nitrogens with zero attached hydrogens (tertiary/aromatic N) is 1. The lowest BCUT2D eigenvalue weighted by atomic mass is 10.1. The highest BCUT2D eigenvalue weighted by atomic mass is 35.5. The fraction of sp³-hybridized carbons (Fsp3) is 0.538. The highest BCUT2D eigenvalue weighted by Gasteiger charge is 2.04. The van der Waals surface area contributed by atoms with Gasteiger partial charge < -0.3 is 10.6 Å². The van der Waals surface area contributed by atoms with Gasteiger partial charge in [0.1, 0.15) is 0 Å². The summed E-state index contributed by atoms with van der Waals surface area (Å²) in [5.41, 5.74) is 9.43. The van der Waals surface area contributed by atoms with Gasteiger partial charge in [-0.3, -0.25) is 0 Å². The van der Waals surface area contributed by atoms with Gasteiger partial charge in [-0.05, 0) is 44.0 Å². The van der Waals surface area contributed by atoms with Crippen LogP contribution in [0.4, 0.5) is 11.4 Å². The van der Waals surface area contributed by atoms with Crippen LogP contribution in [-0.2, 0) is 6.42 Å². The molecule has 0 fully saturated rings. The first-order valence-corrected chi connectivity index (χ1v) is 5.86. The molecule has 0 saturated heterocycles. The van der Waals surface area contributed by atoms with Crippen LogP contribution in [0.25, 0.3) is 0 Å². The normalized spacial score (nSPS) is 9.69. The van der Waals surface area contributed by atoms with Gasteiger partial charge in [-0.15, -0.1) is 12.4 Å². The first-order valence-electron chi connectivity index (χ1n) is 5.86. The van der Waals surface area contributed by atoms with Crippen molar-refractivity contribution in [3.63, 3.8) is 0 Å². The molecule has 3 heteroatoms. The maximum absolute atomic E-state index is 5.94. The molecule has 0 aromatic heterocycles. The molecule has 0 amide bonds. The Morgan fingerprint density at radius 3 is 2.25 bits per heavy atom. The average molecular weight is 243 g/mol. The molecule has 0 aliphatic rings. The minimum atomic E-state index is 0. The van der Waals surface area contributed by atoms with Gasteiger partial charge in [0.2, 0.25) is 0 Å². The lowest BCUT2D eigenvalue weighted by Gasteiger charge is -2.22. The van der Waals surface area contributed by atoms with Gasteiger partial charge in [-0.25, -0.2) is 0 Å². The predicted octanol–water partition coefficient (Wildman–Crippen LogP) is 3.49. The molecule has 0 radical (unpaired) electrons. The van der Waals surface area contributed by atoms with E-state index in [0.717, 1.165) is 31.6 Å². The fourth-order valence-corrected chi connectivity index (χ4v) is 1.86. The second-order valence-electron chi connectivity index (χ2n) is 3.81. The maximum Gasteiger partial charge on any atom is 0.0370 e. The number of hydrogen-bond donors (Lipinski definition) is 1. The van der Waals surface area contributed by atoms with Crippen LogP contribution < -0.4 is 10.6 Å². The van der Waals surface area contributed by atoms with E-state index in [0.29, 0.717) is 0 Å². The summed E-state index contributed by atoms with van der Waals surface area (Å²) in [4.78, 5) is 2.35. The summed E-state index contributed by atoms with van der Waals surface area (Å²) in [5, 5.41) is 0. The van der Waals surface area contributed by atoms with E-state index >= 15 is 0 Å². The molecular weight excluding hydrogens is 220 g/mol. The molecular formula is C13H23ClN2. The van der Waals surface area contributed by atoms with Crippen LogP contribution in [0.3, 0.4) is 0 Å². The van der Waals surface area contributed by atoms with Crippen molar-refractivity contribution in [3.8, 4) is 0 Å². The minimum Gasteiger partial charge on any atom is -0.399 e. The summed E-state index contributed by atoms with van der Waals surface area (Å²) in [6, 6.07) is 6.37. The predicted molar refractivity (Wildman–Crippen MR) is 75.7 cm³/mol. The zero-order valence-corrected chi connectivity index (χ0v) is 11.3. The Morgan fingerprint density at radius 1 is 1.12 bits per heavy atom. The van der Waals surface area contributed by atoms with E-state index in [1.807, 2.05) is 6.07 Å². The van der Waals surface area contributed by atoms with E-state index in [4.69, 9.17) is 5.73 Å². The smallest absolute Gasteiger partial charge is 0.0370 e. The molecule has 2 nitrogen and oxygen atoms in total. The molecule has 0 aliphatic heterocycles. The second-order valence-corrected chi connectivity index (χ2v) is 3.81. The van der Waals surface area contributed by atoms with Crippen LogP contribution in [0.5, 0.6) is 0 Å². The quantitative estimate of drug-likeness (QED) is 0.801. The monoisotopic (exact) mass is 242 g/mol. The van der Waals surface area contributed by atoms with E-state index in [-0.39, 0.29) is 12.4 Å².